The van der Waals surface area contributed by atoms with Gasteiger partial charge in [-0.3, -0.25) is 0 Å². The van der Waals surface area contributed by atoms with E-state index in [1.807, 2.05) is 32.0 Å². The lowest BCUT2D eigenvalue weighted by atomic mass is 10.00. The molecule has 0 saturated heterocycles. The van der Waals surface area contributed by atoms with E-state index >= 15 is 0 Å². The molecule has 0 unspecified atom stereocenters. The summed E-state index contributed by atoms with van der Waals surface area (Å²) in [6.07, 6.45) is 2.30. The van der Waals surface area contributed by atoms with Crippen molar-refractivity contribution in [2.75, 3.05) is 11.3 Å². The number of hydrogen-bond donors (Lipinski definition) is 3. The molecule has 12 heteroatoms. The van der Waals surface area contributed by atoms with Gasteiger partial charge >= 0.3 is 12.1 Å². The van der Waals surface area contributed by atoms with Crippen molar-refractivity contribution in [2.45, 2.75) is 70.4 Å². The van der Waals surface area contributed by atoms with Gasteiger partial charge in [0.25, 0.3) is 10.0 Å². The Hall–Kier alpha value is -4.19. The molecule has 0 radical (unpaired) electrons. The average molecular weight is 597 g/mol. The molecule has 224 valence electrons. The van der Waals surface area contributed by atoms with Crippen molar-refractivity contribution in [3.05, 3.63) is 65.2 Å². The summed E-state index contributed by atoms with van der Waals surface area (Å²) < 4.78 is 40.3. The second-order valence-corrected chi connectivity index (χ2v) is 13.1. The molecule has 1 heterocycles. The fourth-order valence-electron chi connectivity index (χ4n) is 4.45. The van der Waals surface area contributed by atoms with E-state index in [0.29, 0.717) is 18.0 Å². The number of aromatic nitrogens is 2. The largest absolute Gasteiger partial charge is 0.478 e. The fraction of sp³-hybridized carbons (Fsp3) is 0.400. The predicted molar refractivity (Wildman–Crippen MR) is 157 cm³/mol. The monoisotopic (exact) mass is 596 g/mol. The number of amides is 1. The summed E-state index contributed by atoms with van der Waals surface area (Å²) in [5, 5.41) is 12.2. The summed E-state index contributed by atoms with van der Waals surface area (Å²) in [5.74, 6) is -0.916. The van der Waals surface area contributed by atoms with Gasteiger partial charge in [0.15, 0.2) is 0 Å². The lowest BCUT2D eigenvalue weighted by Crippen LogP contribution is -2.42. The molecule has 0 aliphatic heterocycles. The number of carbonyl (C=O) groups is 2. The van der Waals surface area contributed by atoms with Crippen LogP contribution in [0.3, 0.4) is 0 Å². The van der Waals surface area contributed by atoms with Gasteiger partial charge < -0.3 is 19.9 Å². The maximum atomic E-state index is 13.2. The SMILES string of the molecule is Cc1cccc(C)c1-c1cc(OC[C@@H](CC2CC2)NC(=O)OC(C)(C)C)nc(NS(=O)(=O)c2cccc(C(=O)O)c2)n1. The van der Waals surface area contributed by atoms with E-state index in [-0.39, 0.29) is 34.9 Å². The number of alkyl carbamates (subject to hydrolysis) is 1. The third-order valence-electron chi connectivity index (χ3n) is 6.52. The van der Waals surface area contributed by atoms with Crippen molar-refractivity contribution >= 4 is 28.0 Å². The molecule has 3 N–H and O–H groups in total. The van der Waals surface area contributed by atoms with Crippen LogP contribution in [-0.2, 0) is 14.8 Å². The maximum absolute atomic E-state index is 13.2. The fourth-order valence-corrected chi connectivity index (χ4v) is 5.44. The Morgan fingerprint density at radius 2 is 1.71 bits per heavy atom. The molecule has 42 heavy (non-hydrogen) atoms. The number of carboxylic acids is 1. The van der Waals surface area contributed by atoms with Gasteiger partial charge in [-0.25, -0.2) is 27.7 Å². The molecule has 4 rings (SSSR count). The van der Waals surface area contributed by atoms with E-state index in [1.165, 1.54) is 18.2 Å². The number of ether oxygens (including phenoxy) is 2. The first-order chi connectivity index (χ1) is 19.7. The molecule has 1 saturated carbocycles. The number of nitrogens with zero attached hydrogens (tertiary/aromatic N) is 2. The molecule has 1 atom stereocenters. The first-order valence-corrected chi connectivity index (χ1v) is 15.1. The Labute approximate surface area is 245 Å². The highest BCUT2D eigenvalue weighted by molar-refractivity contribution is 7.92. The molecule has 11 nitrogen and oxygen atoms in total. The zero-order valence-corrected chi connectivity index (χ0v) is 25.1. The number of aromatic carboxylic acids is 1. The number of hydrogen-bond acceptors (Lipinski definition) is 8. The van der Waals surface area contributed by atoms with E-state index in [1.54, 1.807) is 26.8 Å². The number of anilines is 1. The van der Waals surface area contributed by atoms with Crippen molar-refractivity contribution in [1.29, 1.82) is 0 Å². The van der Waals surface area contributed by atoms with Gasteiger partial charge in [-0.15, -0.1) is 0 Å². The Bertz CT molecular complexity index is 1560. The molecule has 2 aromatic carbocycles. The van der Waals surface area contributed by atoms with Crippen LogP contribution in [-0.4, -0.2) is 53.8 Å². The standard InChI is InChI=1S/C30H36N4O7S/c1-18-8-6-9-19(2)26(18)24-16-25(40-17-22(14-20-12-13-20)31-29(37)41-30(3,4)5)33-28(32-24)34-42(38,39)23-11-7-10-21(15-23)27(35)36/h6-11,15-16,20,22H,12-14,17H2,1-5H3,(H,31,37)(H,35,36)(H,32,33,34)/t22-/m1/s1. The van der Waals surface area contributed by atoms with Crippen LogP contribution in [0.15, 0.2) is 53.4 Å². The number of sulfonamides is 1. The summed E-state index contributed by atoms with van der Waals surface area (Å²) in [6.45, 7) is 9.28. The molecular weight excluding hydrogens is 560 g/mol. The van der Waals surface area contributed by atoms with Gasteiger partial charge in [0.2, 0.25) is 11.8 Å². The number of carbonyl (C=O) groups excluding carboxylic acids is 1. The van der Waals surface area contributed by atoms with Gasteiger partial charge in [-0.1, -0.05) is 37.1 Å². The minimum atomic E-state index is -4.24. The average Bonchev–Trinajstić information content (AvgIpc) is 3.70. The van der Waals surface area contributed by atoms with Gasteiger partial charge in [0.05, 0.1) is 22.2 Å². The first kappa shape index (κ1) is 30.8. The number of carboxylic acid groups (broad SMARTS) is 1. The lowest BCUT2D eigenvalue weighted by molar-refractivity contribution is 0.0481. The van der Waals surface area contributed by atoms with Crippen LogP contribution in [0.5, 0.6) is 5.88 Å². The molecule has 3 aromatic rings. The van der Waals surface area contributed by atoms with Crippen LogP contribution in [0.4, 0.5) is 10.7 Å². The molecule has 0 spiro atoms. The highest BCUT2D eigenvalue weighted by atomic mass is 32.2. The van der Waals surface area contributed by atoms with Crippen LogP contribution >= 0.6 is 0 Å². The molecule has 1 amide bonds. The summed E-state index contributed by atoms with van der Waals surface area (Å²) in [5.41, 5.74) is 2.23. The predicted octanol–water partition coefficient (Wildman–Crippen LogP) is 5.33. The van der Waals surface area contributed by atoms with Crippen molar-refractivity contribution in [2.24, 2.45) is 5.92 Å². The van der Waals surface area contributed by atoms with Crippen molar-refractivity contribution in [1.82, 2.24) is 15.3 Å². The zero-order chi connectivity index (χ0) is 30.7. The Morgan fingerprint density at radius 1 is 1.05 bits per heavy atom. The molecular formula is C30H36N4O7S. The summed E-state index contributed by atoms with van der Waals surface area (Å²) in [6, 6.07) is 12.0. The van der Waals surface area contributed by atoms with Crippen molar-refractivity contribution in [3.8, 4) is 17.1 Å². The summed E-state index contributed by atoms with van der Waals surface area (Å²) >= 11 is 0. The van der Waals surface area contributed by atoms with Crippen LogP contribution < -0.4 is 14.8 Å². The van der Waals surface area contributed by atoms with Crippen molar-refractivity contribution < 1.29 is 32.6 Å². The second kappa shape index (κ2) is 12.4. The second-order valence-electron chi connectivity index (χ2n) is 11.5. The molecule has 1 fully saturated rings. The highest BCUT2D eigenvalue weighted by Crippen LogP contribution is 2.34. The van der Waals surface area contributed by atoms with Gasteiger partial charge in [-0.2, -0.15) is 4.98 Å². The van der Waals surface area contributed by atoms with Gasteiger partial charge in [-0.05, 0) is 76.3 Å². The van der Waals surface area contributed by atoms with Gasteiger partial charge in [0, 0.05) is 11.6 Å². The molecule has 0 bridgehead atoms. The summed E-state index contributed by atoms with van der Waals surface area (Å²) in [4.78, 5) is 32.4. The van der Waals surface area contributed by atoms with E-state index in [4.69, 9.17) is 9.47 Å². The zero-order valence-electron chi connectivity index (χ0n) is 24.3. The quantitative estimate of drug-likeness (QED) is 0.266. The summed E-state index contributed by atoms with van der Waals surface area (Å²) in [7, 11) is -4.24. The Kier molecular flexibility index (Phi) is 9.05. The first-order valence-electron chi connectivity index (χ1n) is 13.6. The maximum Gasteiger partial charge on any atom is 0.407 e. The smallest absolute Gasteiger partial charge is 0.407 e. The topological polar surface area (TPSA) is 157 Å². The Balaban J connectivity index is 1.65. The normalized spacial score (nSPS) is 14.1. The minimum absolute atomic E-state index is 0.0752. The molecule has 1 aliphatic carbocycles. The van der Waals surface area contributed by atoms with E-state index in [0.717, 1.165) is 35.6 Å². The molecule has 1 aliphatic rings. The number of nitrogens with one attached hydrogen (secondary N) is 2. The van der Waals surface area contributed by atoms with Crippen LogP contribution in [0.25, 0.3) is 11.3 Å². The number of benzene rings is 2. The minimum Gasteiger partial charge on any atom is -0.478 e. The number of aryl methyl sites for hydroxylation is 2. The Morgan fingerprint density at radius 3 is 2.33 bits per heavy atom. The van der Waals surface area contributed by atoms with E-state index in [2.05, 4.69) is 20.0 Å². The highest BCUT2D eigenvalue weighted by Gasteiger charge is 2.28. The van der Waals surface area contributed by atoms with E-state index < -0.39 is 27.7 Å². The lowest BCUT2D eigenvalue weighted by Gasteiger charge is -2.24. The third kappa shape index (κ3) is 8.41. The third-order valence-corrected chi connectivity index (χ3v) is 7.85. The van der Waals surface area contributed by atoms with Crippen LogP contribution in [0, 0.1) is 19.8 Å². The van der Waals surface area contributed by atoms with Crippen molar-refractivity contribution in [3.63, 3.8) is 0 Å². The molecule has 1 aromatic heterocycles. The van der Waals surface area contributed by atoms with Gasteiger partial charge in [0.1, 0.15) is 12.2 Å². The number of rotatable bonds is 11. The van der Waals surface area contributed by atoms with Crippen LogP contribution in [0.2, 0.25) is 0 Å². The van der Waals surface area contributed by atoms with E-state index in [9.17, 15) is 23.1 Å². The van der Waals surface area contributed by atoms with Crippen LogP contribution in [0.1, 0.15) is 61.5 Å².